The van der Waals surface area contributed by atoms with E-state index in [4.69, 9.17) is 9.47 Å². The third-order valence-electron chi connectivity index (χ3n) is 3.53. The van der Waals surface area contributed by atoms with Crippen LogP contribution in [0.1, 0.15) is 26.0 Å². The monoisotopic (exact) mass is 236 g/mol. The molecule has 0 amide bonds. The molecule has 0 radical (unpaired) electrons. The Labute approximate surface area is 102 Å². The number of methoxy groups -OCH3 is 1. The molecule has 1 fully saturated rings. The Balaban J connectivity index is 2.25. The van der Waals surface area contributed by atoms with E-state index in [1.807, 2.05) is 13.0 Å². The average Bonchev–Trinajstić information content (AvgIpc) is 2.59. The van der Waals surface area contributed by atoms with Crippen molar-refractivity contribution in [2.24, 2.45) is 0 Å². The minimum Gasteiger partial charge on any atom is -0.493 e. The smallest absolute Gasteiger partial charge is 0.160 e. The molecule has 1 saturated heterocycles. The van der Waals surface area contributed by atoms with Crippen molar-refractivity contribution in [3.63, 3.8) is 0 Å². The zero-order chi connectivity index (χ0) is 12.5. The molecule has 0 spiro atoms. The summed E-state index contributed by atoms with van der Waals surface area (Å²) in [6, 6.07) is 2.01. The molecule has 1 aromatic heterocycles. The second kappa shape index (κ2) is 4.53. The molecule has 0 aromatic carbocycles. The lowest BCUT2D eigenvalue weighted by Gasteiger charge is -2.30. The van der Waals surface area contributed by atoms with Gasteiger partial charge in [-0.25, -0.2) is 0 Å². The third kappa shape index (κ3) is 2.36. The van der Waals surface area contributed by atoms with E-state index in [1.54, 1.807) is 13.3 Å². The Kier molecular flexibility index (Phi) is 3.24. The molecule has 1 N–H and O–H groups in total. The van der Waals surface area contributed by atoms with Crippen molar-refractivity contribution in [3.8, 4) is 5.75 Å². The van der Waals surface area contributed by atoms with Crippen LogP contribution in [-0.2, 0) is 4.74 Å². The number of aromatic nitrogens is 1. The van der Waals surface area contributed by atoms with Gasteiger partial charge in [-0.05, 0) is 33.3 Å². The van der Waals surface area contributed by atoms with Crippen LogP contribution in [0.2, 0.25) is 0 Å². The van der Waals surface area contributed by atoms with E-state index in [2.05, 4.69) is 24.1 Å². The highest BCUT2D eigenvalue weighted by Gasteiger charge is 2.37. The number of ether oxygens (including phenoxy) is 2. The van der Waals surface area contributed by atoms with Crippen LogP contribution in [-0.4, -0.2) is 30.3 Å². The quantitative estimate of drug-likeness (QED) is 0.875. The van der Waals surface area contributed by atoms with Gasteiger partial charge < -0.3 is 14.8 Å². The summed E-state index contributed by atoms with van der Waals surface area (Å²) >= 11 is 0. The van der Waals surface area contributed by atoms with Gasteiger partial charge in [-0.2, -0.15) is 0 Å². The topological polar surface area (TPSA) is 43.4 Å². The van der Waals surface area contributed by atoms with E-state index in [0.29, 0.717) is 0 Å². The second-order valence-electron chi connectivity index (χ2n) is 4.83. The van der Waals surface area contributed by atoms with Gasteiger partial charge >= 0.3 is 0 Å². The molecule has 0 saturated carbocycles. The normalized spacial score (nSPS) is 28.1. The largest absolute Gasteiger partial charge is 0.493 e. The number of nitrogens with zero attached hydrogens (tertiary/aromatic N) is 1. The SMILES string of the molecule is COc1cnc(C)cc1NC1(C)CCOC1C. The highest BCUT2D eigenvalue weighted by molar-refractivity contribution is 5.57. The van der Waals surface area contributed by atoms with Crippen molar-refractivity contribution in [1.29, 1.82) is 0 Å². The van der Waals surface area contributed by atoms with Gasteiger partial charge in [0, 0.05) is 12.3 Å². The summed E-state index contributed by atoms with van der Waals surface area (Å²) in [6.45, 7) is 7.05. The fourth-order valence-electron chi connectivity index (χ4n) is 2.11. The summed E-state index contributed by atoms with van der Waals surface area (Å²) in [6.07, 6.45) is 2.95. The fourth-order valence-corrected chi connectivity index (χ4v) is 2.11. The van der Waals surface area contributed by atoms with E-state index in [1.165, 1.54) is 0 Å². The maximum Gasteiger partial charge on any atom is 0.160 e. The zero-order valence-corrected chi connectivity index (χ0v) is 10.9. The second-order valence-corrected chi connectivity index (χ2v) is 4.83. The molecule has 2 atom stereocenters. The fraction of sp³-hybridized carbons (Fsp3) is 0.615. The summed E-state index contributed by atoms with van der Waals surface area (Å²) in [4.78, 5) is 4.23. The van der Waals surface area contributed by atoms with E-state index < -0.39 is 0 Å². The number of hydrogen-bond donors (Lipinski definition) is 1. The van der Waals surface area contributed by atoms with Crippen LogP contribution in [0.5, 0.6) is 5.75 Å². The van der Waals surface area contributed by atoms with Gasteiger partial charge in [0.1, 0.15) is 0 Å². The van der Waals surface area contributed by atoms with E-state index in [0.717, 1.165) is 30.2 Å². The lowest BCUT2D eigenvalue weighted by atomic mass is 9.94. The van der Waals surface area contributed by atoms with E-state index in [-0.39, 0.29) is 11.6 Å². The van der Waals surface area contributed by atoms with Crippen molar-refractivity contribution in [2.75, 3.05) is 19.0 Å². The molecule has 17 heavy (non-hydrogen) atoms. The first-order valence-corrected chi connectivity index (χ1v) is 5.95. The van der Waals surface area contributed by atoms with Crippen molar-refractivity contribution >= 4 is 5.69 Å². The predicted molar refractivity (Wildman–Crippen MR) is 67.6 cm³/mol. The minimum atomic E-state index is -0.0406. The summed E-state index contributed by atoms with van der Waals surface area (Å²) in [5.74, 6) is 0.774. The van der Waals surface area contributed by atoms with Gasteiger partial charge in [0.15, 0.2) is 5.75 Å². The van der Waals surface area contributed by atoms with Crippen LogP contribution in [0.3, 0.4) is 0 Å². The molecule has 1 aliphatic heterocycles. The van der Waals surface area contributed by atoms with Crippen molar-refractivity contribution in [1.82, 2.24) is 4.98 Å². The number of nitrogens with one attached hydrogen (secondary N) is 1. The highest BCUT2D eigenvalue weighted by Crippen LogP contribution is 2.33. The number of aryl methyl sites for hydroxylation is 1. The van der Waals surface area contributed by atoms with E-state index in [9.17, 15) is 0 Å². The first-order chi connectivity index (χ1) is 8.05. The van der Waals surface area contributed by atoms with Gasteiger partial charge in [-0.1, -0.05) is 0 Å². The van der Waals surface area contributed by atoms with Gasteiger partial charge in [-0.3, -0.25) is 4.98 Å². The van der Waals surface area contributed by atoms with Crippen LogP contribution in [0.25, 0.3) is 0 Å². The molecular weight excluding hydrogens is 216 g/mol. The van der Waals surface area contributed by atoms with Gasteiger partial charge in [0.25, 0.3) is 0 Å². The van der Waals surface area contributed by atoms with Crippen LogP contribution >= 0.6 is 0 Å². The Bertz CT molecular complexity index is 408. The zero-order valence-electron chi connectivity index (χ0n) is 10.9. The first-order valence-electron chi connectivity index (χ1n) is 5.95. The van der Waals surface area contributed by atoms with Gasteiger partial charge in [0.2, 0.25) is 0 Å². The molecule has 2 rings (SSSR count). The third-order valence-corrected chi connectivity index (χ3v) is 3.53. The summed E-state index contributed by atoms with van der Waals surface area (Å²) in [7, 11) is 1.66. The van der Waals surface area contributed by atoms with Crippen molar-refractivity contribution in [3.05, 3.63) is 18.0 Å². The van der Waals surface area contributed by atoms with Crippen LogP contribution in [0.15, 0.2) is 12.3 Å². The molecular formula is C13H20N2O2. The van der Waals surface area contributed by atoms with Crippen LogP contribution in [0.4, 0.5) is 5.69 Å². The molecule has 4 heteroatoms. The van der Waals surface area contributed by atoms with Crippen LogP contribution in [0, 0.1) is 6.92 Å². The standard InChI is InChI=1S/C13H20N2O2/c1-9-7-11(12(16-4)8-14-9)15-13(3)5-6-17-10(13)2/h7-8,10H,5-6H2,1-4H3,(H,14,15). The van der Waals surface area contributed by atoms with Gasteiger partial charge in [0.05, 0.1) is 30.6 Å². The number of anilines is 1. The summed E-state index contributed by atoms with van der Waals surface area (Å²) < 4.78 is 11.0. The first kappa shape index (κ1) is 12.2. The molecule has 2 unspecified atom stereocenters. The van der Waals surface area contributed by atoms with Crippen molar-refractivity contribution < 1.29 is 9.47 Å². The Morgan fingerprint density at radius 2 is 2.35 bits per heavy atom. The molecule has 1 aromatic rings. The van der Waals surface area contributed by atoms with Crippen LogP contribution < -0.4 is 10.1 Å². The molecule has 94 valence electrons. The summed E-state index contributed by atoms with van der Waals surface area (Å²) in [5.41, 5.74) is 1.92. The van der Waals surface area contributed by atoms with Gasteiger partial charge in [-0.15, -0.1) is 0 Å². The molecule has 4 nitrogen and oxygen atoms in total. The molecule has 0 aliphatic carbocycles. The number of rotatable bonds is 3. The average molecular weight is 236 g/mol. The Morgan fingerprint density at radius 3 is 2.94 bits per heavy atom. The predicted octanol–water partition coefficient (Wildman–Crippen LogP) is 2.38. The maximum atomic E-state index is 5.63. The van der Waals surface area contributed by atoms with Crippen molar-refractivity contribution in [2.45, 2.75) is 38.8 Å². The molecule has 2 heterocycles. The lowest BCUT2D eigenvalue weighted by molar-refractivity contribution is 0.105. The minimum absolute atomic E-state index is 0.0406. The Hall–Kier alpha value is -1.29. The lowest BCUT2D eigenvalue weighted by Crippen LogP contribution is -2.41. The molecule has 1 aliphatic rings. The highest BCUT2D eigenvalue weighted by atomic mass is 16.5. The number of hydrogen-bond acceptors (Lipinski definition) is 4. The maximum absolute atomic E-state index is 5.63. The Morgan fingerprint density at radius 1 is 1.59 bits per heavy atom. The van der Waals surface area contributed by atoms with E-state index >= 15 is 0 Å². The molecule has 0 bridgehead atoms. The number of pyridine rings is 1. The summed E-state index contributed by atoms with van der Waals surface area (Å²) in [5, 5.41) is 3.54.